The smallest absolute Gasteiger partial charge is 0.130 e. The highest BCUT2D eigenvalue weighted by Gasteiger charge is 2.12. The number of carbonyl (C=O) groups excluding carboxylic acids is 1. The van der Waals surface area contributed by atoms with Crippen molar-refractivity contribution < 1.29 is 9.53 Å². The Labute approximate surface area is 111 Å². The molecular formula is C13H17IO2. The normalized spacial score (nSPS) is 12.4. The van der Waals surface area contributed by atoms with Crippen LogP contribution in [0.2, 0.25) is 0 Å². The second-order valence-corrected chi connectivity index (χ2v) is 5.30. The van der Waals surface area contributed by atoms with Gasteiger partial charge >= 0.3 is 0 Å². The van der Waals surface area contributed by atoms with Crippen LogP contribution in [0.3, 0.4) is 0 Å². The molecule has 0 amide bonds. The zero-order valence-corrected chi connectivity index (χ0v) is 11.9. The molecule has 0 saturated heterocycles. The highest BCUT2D eigenvalue weighted by molar-refractivity contribution is 14.1. The number of methoxy groups -OCH3 is 1. The second kappa shape index (κ2) is 7.01. The fraction of sp³-hybridized carbons (Fsp3) is 0.462. The maximum absolute atomic E-state index is 11.1. The van der Waals surface area contributed by atoms with E-state index < -0.39 is 0 Å². The Bertz CT molecular complexity index is 332. The lowest BCUT2D eigenvalue weighted by molar-refractivity contribution is -0.118. The number of benzene rings is 1. The van der Waals surface area contributed by atoms with Crippen LogP contribution >= 0.6 is 22.6 Å². The molecule has 0 bridgehead atoms. The summed E-state index contributed by atoms with van der Waals surface area (Å²) in [7, 11) is 1.68. The van der Waals surface area contributed by atoms with Crippen LogP contribution in [0.5, 0.6) is 0 Å². The number of ether oxygens (including phenoxy) is 1. The monoisotopic (exact) mass is 332 g/mol. The van der Waals surface area contributed by atoms with E-state index in [1.165, 1.54) is 9.13 Å². The van der Waals surface area contributed by atoms with Crippen molar-refractivity contribution in [2.45, 2.75) is 19.8 Å². The minimum absolute atomic E-state index is 0.229. The van der Waals surface area contributed by atoms with E-state index in [2.05, 4.69) is 46.9 Å². The van der Waals surface area contributed by atoms with E-state index in [0.717, 1.165) is 6.42 Å². The molecule has 0 saturated carbocycles. The van der Waals surface area contributed by atoms with Crippen molar-refractivity contribution in [3.8, 4) is 0 Å². The molecule has 88 valence electrons. The van der Waals surface area contributed by atoms with E-state index in [1.807, 2.05) is 0 Å². The van der Waals surface area contributed by atoms with Gasteiger partial charge in [0, 0.05) is 23.7 Å². The quantitative estimate of drug-likeness (QED) is 0.749. The second-order valence-electron chi connectivity index (χ2n) is 4.06. The molecule has 0 fully saturated rings. The van der Waals surface area contributed by atoms with Crippen molar-refractivity contribution in [2.24, 2.45) is 5.92 Å². The zero-order valence-electron chi connectivity index (χ0n) is 9.70. The van der Waals surface area contributed by atoms with E-state index in [4.69, 9.17) is 4.74 Å². The van der Waals surface area contributed by atoms with Crippen molar-refractivity contribution >= 4 is 28.4 Å². The molecule has 0 N–H and O–H groups in total. The predicted molar refractivity (Wildman–Crippen MR) is 73.5 cm³/mol. The van der Waals surface area contributed by atoms with Crippen LogP contribution in [-0.2, 0) is 16.0 Å². The Morgan fingerprint density at radius 3 is 2.50 bits per heavy atom. The van der Waals surface area contributed by atoms with Gasteiger partial charge in [0.2, 0.25) is 0 Å². The average Bonchev–Trinajstić information content (AvgIpc) is 2.21. The number of carbonyl (C=O) groups is 1. The van der Waals surface area contributed by atoms with Crippen LogP contribution in [0.15, 0.2) is 24.3 Å². The number of hydrogen-bond donors (Lipinski definition) is 0. The minimum Gasteiger partial charge on any atom is -0.384 e. The molecule has 1 atom stereocenters. The third-order valence-electron chi connectivity index (χ3n) is 2.42. The molecule has 1 aromatic carbocycles. The molecule has 16 heavy (non-hydrogen) atoms. The minimum atomic E-state index is 0.229. The Kier molecular flexibility index (Phi) is 5.98. The van der Waals surface area contributed by atoms with E-state index in [0.29, 0.717) is 18.9 Å². The fourth-order valence-corrected chi connectivity index (χ4v) is 2.15. The van der Waals surface area contributed by atoms with Gasteiger partial charge in [0.15, 0.2) is 0 Å². The van der Waals surface area contributed by atoms with E-state index in [1.54, 1.807) is 14.0 Å². The van der Waals surface area contributed by atoms with E-state index >= 15 is 0 Å². The van der Waals surface area contributed by atoms with Crippen molar-refractivity contribution in [1.82, 2.24) is 0 Å². The summed E-state index contributed by atoms with van der Waals surface area (Å²) in [5.74, 6) is 0.523. The van der Waals surface area contributed by atoms with Crippen LogP contribution < -0.4 is 0 Å². The molecule has 1 rings (SSSR count). The van der Waals surface area contributed by atoms with Gasteiger partial charge in [-0.2, -0.15) is 0 Å². The fourth-order valence-electron chi connectivity index (χ4n) is 1.79. The number of ketones is 1. The van der Waals surface area contributed by atoms with Crippen LogP contribution in [-0.4, -0.2) is 19.5 Å². The zero-order chi connectivity index (χ0) is 12.0. The van der Waals surface area contributed by atoms with Crippen molar-refractivity contribution in [3.05, 3.63) is 33.4 Å². The van der Waals surface area contributed by atoms with Crippen LogP contribution in [0.25, 0.3) is 0 Å². The van der Waals surface area contributed by atoms with Crippen molar-refractivity contribution in [1.29, 1.82) is 0 Å². The number of halogens is 1. The first-order valence-corrected chi connectivity index (χ1v) is 6.42. The number of Topliss-reactive ketones (excluding diaryl/α,β-unsaturated/α-hetero) is 1. The van der Waals surface area contributed by atoms with Gasteiger partial charge in [-0.3, -0.25) is 0 Å². The van der Waals surface area contributed by atoms with Gasteiger partial charge in [-0.1, -0.05) is 12.1 Å². The van der Waals surface area contributed by atoms with Gasteiger partial charge in [-0.05, 0) is 59.5 Å². The summed E-state index contributed by atoms with van der Waals surface area (Å²) in [6.07, 6.45) is 1.50. The molecular weight excluding hydrogens is 315 g/mol. The maximum Gasteiger partial charge on any atom is 0.130 e. The highest BCUT2D eigenvalue weighted by atomic mass is 127. The van der Waals surface area contributed by atoms with Gasteiger partial charge < -0.3 is 9.53 Å². The molecule has 0 aliphatic carbocycles. The van der Waals surface area contributed by atoms with Crippen LogP contribution in [0, 0.1) is 9.49 Å². The summed E-state index contributed by atoms with van der Waals surface area (Å²) >= 11 is 2.29. The summed E-state index contributed by atoms with van der Waals surface area (Å²) in [6, 6.07) is 8.41. The van der Waals surface area contributed by atoms with E-state index in [9.17, 15) is 4.79 Å². The lowest BCUT2D eigenvalue weighted by Crippen LogP contribution is -2.14. The largest absolute Gasteiger partial charge is 0.384 e. The first-order chi connectivity index (χ1) is 7.61. The Morgan fingerprint density at radius 1 is 1.38 bits per heavy atom. The third-order valence-corrected chi connectivity index (χ3v) is 3.14. The maximum atomic E-state index is 11.1. The van der Waals surface area contributed by atoms with Crippen LogP contribution in [0.4, 0.5) is 0 Å². The Morgan fingerprint density at radius 2 is 2.00 bits per heavy atom. The van der Waals surface area contributed by atoms with Crippen molar-refractivity contribution in [3.63, 3.8) is 0 Å². The predicted octanol–water partition coefficient (Wildman–Crippen LogP) is 3.08. The summed E-state index contributed by atoms with van der Waals surface area (Å²) in [5.41, 5.74) is 1.27. The molecule has 1 aromatic rings. The number of hydrogen-bond acceptors (Lipinski definition) is 2. The summed E-state index contributed by atoms with van der Waals surface area (Å²) in [4.78, 5) is 11.1. The first-order valence-electron chi connectivity index (χ1n) is 5.34. The van der Waals surface area contributed by atoms with Gasteiger partial charge in [0.1, 0.15) is 5.78 Å². The summed E-state index contributed by atoms with van der Waals surface area (Å²) in [6.45, 7) is 2.28. The van der Waals surface area contributed by atoms with Gasteiger partial charge in [0.05, 0.1) is 0 Å². The molecule has 0 heterocycles. The van der Waals surface area contributed by atoms with Gasteiger partial charge in [-0.25, -0.2) is 0 Å². The lowest BCUT2D eigenvalue weighted by atomic mass is 9.95. The van der Waals surface area contributed by atoms with E-state index in [-0.39, 0.29) is 5.78 Å². The molecule has 3 heteroatoms. The van der Waals surface area contributed by atoms with Crippen LogP contribution in [0.1, 0.15) is 18.9 Å². The Balaban J connectivity index is 2.59. The third kappa shape index (κ3) is 5.07. The molecule has 0 aliphatic rings. The summed E-state index contributed by atoms with van der Waals surface area (Å²) in [5, 5.41) is 0. The van der Waals surface area contributed by atoms with Gasteiger partial charge in [0.25, 0.3) is 0 Å². The average molecular weight is 332 g/mol. The molecule has 2 nitrogen and oxygen atoms in total. The first kappa shape index (κ1) is 13.6. The SMILES string of the molecule is COCC(CC(C)=O)Cc1ccc(I)cc1. The molecule has 0 aliphatic heterocycles. The topological polar surface area (TPSA) is 26.3 Å². The van der Waals surface area contributed by atoms with Crippen molar-refractivity contribution in [2.75, 3.05) is 13.7 Å². The highest BCUT2D eigenvalue weighted by Crippen LogP contribution is 2.15. The molecule has 0 aromatic heterocycles. The van der Waals surface area contributed by atoms with Gasteiger partial charge in [-0.15, -0.1) is 0 Å². The molecule has 0 spiro atoms. The molecule has 0 radical (unpaired) electrons. The lowest BCUT2D eigenvalue weighted by Gasteiger charge is -2.14. The standard InChI is InChI=1S/C13H17IO2/c1-10(15)7-12(9-16-2)8-11-3-5-13(14)6-4-11/h3-6,12H,7-9H2,1-2H3. The Hall–Kier alpha value is -0.420. The summed E-state index contributed by atoms with van der Waals surface area (Å²) < 4.78 is 6.38. The molecule has 1 unspecified atom stereocenters. The number of rotatable bonds is 6.